The van der Waals surface area contributed by atoms with Gasteiger partial charge in [0.2, 0.25) is 0 Å². The summed E-state index contributed by atoms with van der Waals surface area (Å²) in [4.78, 5) is 0. The van der Waals surface area contributed by atoms with Gasteiger partial charge in [-0.25, -0.2) is 0 Å². The zero-order chi connectivity index (χ0) is 10.0. The molecule has 13 heavy (non-hydrogen) atoms. The SMILES string of the molecule is CO[C@H]1O[C@H](CO)[C@@H](O)C(O)C1O. The molecule has 1 aliphatic heterocycles. The quantitative estimate of drug-likeness (QED) is 0.386. The van der Waals surface area contributed by atoms with Crippen LogP contribution in [0.2, 0.25) is 0 Å². The van der Waals surface area contributed by atoms with Crippen LogP contribution in [0.25, 0.3) is 0 Å². The van der Waals surface area contributed by atoms with Gasteiger partial charge in [-0.2, -0.15) is 0 Å². The highest BCUT2D eigenvalue weighted by molar-refractivity contribution is 4.88. The molecule has 0 aromatic carbocycles. The van der Waals surface area contributed by atoms with Gasteiger partial charge in [-0.3, -0.25) is 0 Å². The largest absolute Gasteiger partial charge is 0.394 e. The predicted molar refractivity (Wildman–Crippen MR) is 40.8 cm³/mol. The van der Waals surface area contributed by atoms with Crippen molar-refractivity contribution < 1.29 is 29.9 Å². The number of hydrogen-bond donors (Lipinski definition) is 4. The Morgan fingerprint density at radius 2 is 1.77 bits per heavy atom. The number of hydrogen-bond acceptors (Lipinski definition) is 6. The van der Waals surface area contributed by atoms with E-state index in [2.05, 4.69) is 0 Å². The number of methoxy groups -OCH3 is 1. The van der Waals surface area contributed by atoms with Crippen molar-refractivity contribution >= 4 is 0 Å². The summed E-state index contributed by atoms with van der Waals surface area (Å²) in [5.41, 5.74) is 0. The minimum absolute atomic E-state index is 0.440. The van der Waals surface area contributed by atoms with Crippen LogP contribution in [0.15, 0.2) is 0 Å². The van der Waals surface area contributed by atoms with Crippen LogP contribution >= 0.6 is 0 Å². The Morgan fingerprint density at radius 1 is 1.15 bits per heavy atom. The van der Waals surface area contributed by atoms with E-state index in [1.807, 2.05) is 0 Å². The summed E-state index contributed by atoms with van der Waals surface area (Å²) in [5.74, 6) is 0. The third-order valence-corrected chi connectivity index (χ3v) is 2.08. The minimum atomic E-state index is -1.36. The molecule has 0 aromatic heterocycles. The summed E-state index contributed by atoms with van der Waals surface area (Å²) in [6.07, 6.45) is -5.91. The molecule has 0 aliphatic carbocycles. The van der Waals surface area contributed by atoms with Gasteiger partial charge >= 0.3 is 0 Å². The molecule has 1 saturated heterocycles. The van der Waals surface area contributed by atoms with Crippen molar-refractivity contribution in [3.63, 3.8) is 0 Å². The minimum Gasteiger partial charge on any atom is -0.394 e. The van der Waals surface area contributed by atoms with E-state index in [9.17, 15) is 15.3 Å². The van der Waals surface area contributed by atoms with Gasteiger partial charge in [0.25, 0.3) is 0 Å². The second-order valence-corrected chi connectivity index (χ2v) is 2.93. The first-order valence-corrected chi connectivity index (χ1v) is 3.95. The van der Waals surface area contributed by atoms with Gasteiger partial charge < -0.3 is 29.9 Å². The molecule has 0 bridgehead atoms. The molecule has 2 unspecified atom stereocenters. The van der Waals surface area contributed by atoms with E-state index in [1.165, 1.54) is 7.11 Å². The van der Waals surface area contributed by atoms with Crippen molar-refractivity contribution in [2.75, 3.05) is 13.7 Å². The molecule has 5 atom stereocenters. The number of ether oxygens (including phenoxy) is 2. The fourth-order valence-corrected chi connectivity index (χ4v) is 1.26. The van der Waals surface area contributed by atoms with Crippen LogP contribution in [0.3, 0.4) is 0 Å². The summed E-state index contributed by atoms with van der Waals surface area (Å²) in [6, 6.07) is 0. The second-order valence-electron chi connectivity index (χ2n) is 2.93. The van der Waals surface area contributed by atoms with Crippen molar-refractivity contribution in [1.82, 2.24) is 0 Å². The molecule has 4 N–H and O–H groups in total. The van der Waals surface area contributed by atoms with Gasteiger partial charge in [-0.05, 0) is 0 Å². The molecule has 6 heteroatoms. The third kappa shape index (κ3) is 1.98. The molecule has 0 aromatic rings. The molecular formula is C7H14O6. The number of aliphatic hydroxyl groups excluding tert-OH is 4. The fourth-order valence-electron chi connectivity index (χ4n) is 1.26. The first kappa shape index (κ1) is 10.8. The molecule has 0 spiro atoms. The highest BCUT2D eigenvalue weighted by Gasteiger charge is 2.43. The smallest absolute Gasteiger partial charge is 0.186 e. The van der Waals surface area contributed by atoms with Crippen LogP contribution in [-0.2, 0) is 9.47 Å². The molecule has 1 aliphatic rings. The van der Waals surface area contributed by atoms with Crippen LogP contribution in [0.5, 0.6) is 0 Å². The number of aliphatic hydroxyl groups is 4. The maximum absolute atomic E-state index is 9.28. The van der Waals surface area contributed by atoms with Crippen molar-refractivity contribution in [3.05, 3.63) is 0 Å². The summed E-state index contributed by atoms with van der Waals surface area (Å²) < 4.78 is 9.65. The monoisotopic (exact) mass is 194 g/mol. The van der Waals surface area contributed by atoms with Crippen LogP contribution in [0.4, 0.5) is 0 Å². The lowest BCUT2D eigenvalue weighted by Gasteiger charge is -2.38. The molecule has 1 rings (SSSR count). The maximum atomic E-state index is 9.28. The fraction of sp³-hybridized carbons (Fsp3) is 1.00. The van der Waals surface area contributed by atoms with Gasteiger partial charge in [0, 0.05) is 7.11 Å². The normalized spacial score (nSPS) is 46.4. The summed E-state index contributed by atoms with van der Waals surface area (Å²) in [7, 11) is 1.30. The van der Waals surface area contributed by atoms with E-state index in [0.29, 0.717) is 0 Å². The molecule has 1 heterocycles. The molecule has 78 valence electrons. The topological polar surface area (TPSA) is 99.4 Å². The Labute approximate surface area is 75.3 Å². The summed E-state index contributed by atoms with van der Waals surface area (Å²) >= 11 is 0. The van der Waals surface area contributed by atoms with Gasteiger partial charge in [0.1, 0.15) is 24.4 Å². The van der Waals surface area contributed by atoms with E-state index in [-0.39, 0.29) is 0 Å². The van der Waals surface area contributed by atoms with Gasteiger partial charge in [0.05, 0.1) is 6.61 Å². The highest BCUT2D eigenvalue weighted by atomic mass is 16.7. The Balaban J connectivity index is 2.66. The zero-order valence-corrected chi connectivity index (χ0v) is 7.20. The molecule has 6 nitrogen and oxygen atoms in total. The van der Waals surface area contributed by atoms with Gasteiger partial charge in [-0.1, -0.05) is 0 Å². The maximum Gasteiger partial charge on any atom is 0.186 e. The van der Waals surface area contributed by atoms with E-state index in [1.54, 1.807) is 0 Å². The first-order chi connectivity index (χ1) is 6.11. The van der Waals surface area contributed by atoms with Crippen molar-refractivity contribution in [2.24, 2.45) is 0 Å². The molecule has 0 radical (unpaired) electrons. The second kappa shape index (κ2) is 4.32. The Kier molecular flexibility index (Phi) is 3.60. The Morgan fingerprint density at radius 3 is 2.23 bits per heavy atom. The lowest BCUT2D eigenvalue weighted by atomic mass is 9.99. The molecular weight excluding hydrogens is 180 g/mol. The number of rotatable bonds is 2. The molecule has 0 saturated carbocycles. The van der Waals surface area contributed by atoms with Crippen LogP contribution in [-0.4, -0.2) is 64.8 Å². The van der Waals surface area contributed by atoms with E-state index in [0.717, 1.165) is 0 Å². The summed E-state index contributed by atoms with van der Waals surface area (Å²) in [6.45, 7) is -0.440. The average molecular weight is 194 g/mol. The van der Waals surface area contributed by atoms with Crippen molar-refractivity contribution in [3.8, 4) is 0 Å². The molecule has 0 amide bonds. The van der Waals surface area contributed by atoms with E-state index < -0.39 is 37.3 Å². The Hall–Kier alpha value is -0.240. The lowest BCUT2D eigenvalue weighted by molar-refractivity contribution is -0.294. The summed E-state index contributed by atoms with van der Waals surface area (Å²) in [5, 5.41) is 36.6. The van der Waals surface area contributed by atoms with Crippen LogP contribution in [0, 0.1) is 0 Å². The highest BCUT2D eigenvalue weighted by Crippen LogP contribution is 2.20. The predicted octanol–water partition coefficient (Wildman–Crippen LogP) is -2.57. The molecule has 1 fully saturated rings. The lowest BCUT2D eigenvalue weighted by Crippen LogP contribution is -2.58. The first-order valence-electron chi connectivity index (χ1n) is 3.95. The third-order valence-electron chi connectivity index (χ3n) is 2.08. The Bertz CT molecular complexity index is 143. The van der Waals surface area contributed by atoms with E-state index >= 15 is 0 Å². The average Bonchev–Trinajstić information content (AvgIpc) is 2.15. The van der Waals surface area contributed by atoms with Crippen LogP contribution in [0.1, 0.15) is 0 Å². The standard InChI is InChI=1S/C7H14O6/c1-12-7-6(11)5(10)4(9)3(2-8)13-7/h3-11H,2H2,1H3/t3-,4-,5?,6?,7+/m1/s1. The van der Waals surface area contributed by atoms with Gasteiger partial charge in [-0.15, -0.1) is 0 Å². The zero-order valence-electron chi connectivity index (χ0n) is 7.20. The van der Waals surface area contributed by atoms with Crippen molar-refractivity contribution in [1.29, 1.82) is 0 Å². The van der Waals surface area contributed by atoms with Gasteiger partial charge in [0.15, 0.2) is 6.29 Å². The van der Waals surface area contributed by atoms with Crippen molar-refractivity contribution in [2.45, 2.75) is 30.7 Å². The van der Waals surface area contributed by atoms with Crippen LogP contribution < -0.4 is 0 Å². The van der Waals surface area contributed by atoms with E-state index in [4.69, 9.17) is 14.6 Å².